The number of H-pyrrole nitrogens is 1. The molecule has 1 aliphatic rings. The summed E-state index contributed by atoms with van der Waals surface area (Å²) in [5.41, 5.74) is 4.37. The highest BCUT2D eigenvalue weighted by Gasteiger charge is 2.30. The summed E-state index contributed by atoms with van der Waals surface area (Å²) in [7, 11) is -2.64. The third-order valence-corrected chi connectivity index (χ3v) is 7.74. The maximum absolute atomic E-state index is 13.2. The molecule has 1 saturated heterocycles. The van der Waals surface area contributed by atoms with E-state index >= 15 is 0 Å². The van der Waals surface area contributed by atoms with Gasteiger partial charge in [0.25, 0.3) is 11.5 Å². The lowest BCUT2D eigenvalue weighted by Gasteiger charge is -2.26. The van der Waals surface area contributed by atoms with Crippen molar-refractivity contribution in [3.63, 3.8) is 0 Å². The van der Waals surface area contributed by atoms with E-state index < -0.39 is 27.2 Å². The van der Waals surface area contributed by atoms with Gasteiger partial charge >= 0.3 is 5.69 Å². The SMILES string of the molecule is CCCCn1c(N)c(N(C)C(=O)c2ccc(Cl)c(S(=O)(=O)N3CCOCC3)c2)c(=O)[nH]c1=O. The quantitative estimate of drug-likeness (QED) is 0.574. The van der Waals surface area contributed by atoms with E-state index in [0.717, 1.165) is 11.3 Å². The molecule has 0 atom stereocenters. The molecule has 0 aliphatic carbocycles. The lowest BCUT2D eigenvalue weighted by Crippen LogP contribution is -2.41. The van der Waals surface area contributed by atoms with Crippen LogP contribution < -0.4 is 21.9 Å². The Kier molecular flexibility index (Phi) is 7.62. The van der Waals surface area contributed by atoms with Gasteiger partial charge < -0.3 is 15.4 Å². The fourth-order valence-electron chi connectivity index (χ4n) is 3.50. The van der Waals surface area contributed by atoms with Gasteiger partial charge in [-0.3, -0.25) is 19.1 Å². The van der Waals surface area contributed by atoms with Crippen molar-refractivity contribution in [2.75, 3.05) is 44.0 Å². The standard InChI is InChI=1S/C20H26ClN5O6S/c1-3-4-7-26-17(22)16(18(27)23-20(26)29)24(2)19(28)13-5-6-14(21)15(12-13)33(30,31)25-8-10-32-11-9-25/h5-6,12H,3-4,7-11,22H2,1-2H3,(H,23,27,29). The van der Waals surface area contributed by atoms with Crippen LogP contribution in [0.1, 0.15) is 30.1 Å². The van der Waals surface area contributed by atoms with Gasteiger partial charge in [0, 0.05) is 32.2 Å². The zero-order chi connectivity index (χ0) is 24.3. The van der Waals surface area contributed by atoms with Crippen molar-refractivity contribution in [1.29, 1.82) is 0 Å². The summed E-state index contributed by atoms with van der Waals surface area (Å²) >= 11 is 6.16. The summed E-state index contributed by atoms with van der Waals surface area (Å²) in [6.45, 7) is 3.06. The molecule has 13 heteroatoms. The molecule has 33 heavy (non-hydrogen) atoms. The number of sulfonamides is 1. The highest BCUT2D eigenvalue weighted by molar-refractivity contribution is 7.89. The number of carbonyl (C=O) groups is 1. The number of halogens is 1. The Bertz CT molecular complexity index is 1270. The molecule has 1 amide bonds. The third-order valence-electron chi connectivity index (χ3n) is 5.36. The summed E-state index contributed by atoms with van der Waals surface area (Å²) in [5.74, 6) is -0.842. The first-order valence-electron chi connectivity index (χ1n) is 10.4. The molecule has 1 aromatic heterocycles. The second kappa shape index (κ2) is 10.1. The minimum atomic E-state index is -3.97. The van der Waals surface area contributed by atoms with Crippen molar-refractivity contribution in [3.8, 4) is 0 Å². The predicted molar refractivity (Wildman–Crippen MR) is 124 cm³/mol. The van der Waals surface area contributed by atoms with E-state index in [0.29, 0.717) is 6.42 Å². The number of ether oxygens (including phenoxy) is 1. The van der Waals surface area contributed by atoms with Crippen molar-refractivity contribution in [2.24, 2.45) is 0 Å². The molecule has 0 radical (unpaired) electrons. The first kappa shape index (κ1) is 25.0. The molecule has 1 aliphatic heterocycles. The molecule has 1 aromatic carbocycles. The van der Waals surface area contributed by atoms with E-state index in [4.69, 9.17) is 22.1 Å². The first-order chi connectivity index (χ1) is 15.6. The van der Waals surface area contributed by atoms with Crippen molar-refractivity contribution >= 4 is 39.0 Å². The third kappa shape index (κ3) is 4.98. The first-order valence-corrected chi connectivity index (χ1v) is 12.2. The van der Waals surface area contributed by atoms with Crippen LogP contribution in [0.5, 0.6) is 0 Å². The highest BCUT2D eigenvalue weighted by Crippen LogP contribution is 2.28. The lowest BCUT2D eigenvalue weighted by molar-refractivity contribution is 0.0730. The van der Waals surface area contributed by atoms with E-state index in [1.807, 2.05) is 6.92 Å². The number of benzene rings is 1. The minimum absolute atomic E-state index is 0.0150. The number of hydrogen-bond donors (Lipinski definition) is 2. The predicted octanol–water partition coefficient (Wildman–Crippen LogP) is 0.870. The number of nitrogens with one attached hydrogen (secondary N) is 1. The van der Waals surface area contributed by atoms with Gasteiger partial charge in [-0.05, 0) is 24.6 Å². The summed E-state index contributed by atoms with van der Waals surface area (Å²) in [6, 6.07) is 3.84. The highest BCUT2D eigenvalue weighted by atomic mass is 35.5. The number of morpholine rings is 1. The van der Waals surface area contributed by atoms with Crippen LogP contribution in [0.3, 0.4) is 0 Å². The van der Waals surface area contributed by atoms with Crippen LogP contribution in [0.25, 0.3) is 0 Å². The molecular weight excluding hydrogens is 474 g/mol. The van der Waals surface area contributed by atoms with Crippen molar-refractivity contribution in [2.45, 2.75) is 31.2 Å². The number of aromatic nitrogens is 2. The van der Waals surface area contributed by atoms with Crippen LogP contribution in [0.2, 0.25) is 5.02 Å². The van der Waals surface area contributed by atoms with Gasteiger partial charge in [0.05, 0.1) is 18.2 Å². The summed E-state index contributed by atoms with van der Waals surface area (Å²) in [4.78, 5) is 40.8. The zero-order valence-electron chi connectivity index (χ0n) is 18.3. The number of nitrogens with zero attached hydrogens (tertiary/aromatic N) is 3. The summed E-state index contributed by atoms with van der Waals surface area (Å²) < 4.78 is 33.8. The topological polar surface area (TPSA) is 148 Å². The number of amides is 1. The van der Waals surface area contributed by atoms with E-state index in [1.165, 1.54) is 34.1 Å². The number of nitrogens with two attached hydrogens (primary N) is 1. The van der Waals surface area contributed by atoms with Crippen LogP contribution in [0.15, 0.2) is 32.7 Å². The van der Waals surface area contributed by atoms with E-state index in [9.17, 15) is 22.8 Å². The van der Waals surface area contributed by atoms with Crippen LogP contribution in [-0.2, 0) is 21.3 Å². The molecule has 0 unspecified atom stereocenters. The molecular formula is C20H26ClN5O6S. The van der Waals surface area contributed by atoms with E-state index in [-0.39, 0.29) is 59.8 Å². The number of aromatic amines is 1. The normalized spacial score (nSPS) is 14.9. The van der Waals surface area contributed by atoms with Gasteiger partial charge in [-0.1, -0.05) is 24.9 Å². The molecule has 3 rings (SSSR count). The Morgan fingerprint density at radius 1 is 1.27 bits per heavy atom. The second-order valence-electron chi connectivity index (χ2n) is 7.52. The number of carbonyl (C=O) groups excluding carboxylic acids is 1. The number of nitrogen functional groups attached to an aromatic ring is 1. The van der Waals surface area contributed by atoms with Gasteiger partial charge in [-0.2, -0.15) is 4.31 Å². The largest absolute Gasteiger partial charge is 0.383 e. The maximum atomic E-state index is 13.2. The number of anilines is 2. The molecule has 2 heterocycles. The Morgan fingerprint density at radius 3 is 2.58 bits per heavy atom. The molecule has 180 valence electrons. The maximum Gasteiger partial charge on any atom is 0.330 e. The lowest BCUT2D eigenvalue weighted by atomic mass is 10.2. The van der Waals surface area contributed by atoms with Crippen LogP contribution >= 0.6 is 11.6 Å². The Morgan fingerprint density at radius 2 is 1.94 bits per heavy atom. The average Bonchev–Trinajstić information content (AvgIpc) is 2.79. The zero-order valence-corrected chi connectivity index (χ0v) is 19.9. The molecule has 0 spiro atoms. The van der Waals surface area contributed by atoms with E-state index in [1.54, 1.807) is 0 Å². The Hall–Kier alpha value is -2.67. The molecule has 2 aromatic rings. The fraction of sp³-hybridized carbons (Fsp3) is 0.450. The van der Waals surface area contributed by atoms with Gasteiger partial charge in [-0.25, -0.2) is 13.2 Å². The molecule has 3 N–H and O–H groups in total. The fourth-order valence-corrected chi connectivity index (χ4v) is 5.40. The summed E-state index contributed by atoms with van der Waals surface area (Å²) in [6.07, 6.45) is 1.44. The molecule has 0 bridgehead atoms. The Balaban J connectivity index is 2.01. The van der Waals surface area contributed by atoms with Crippen molar-refractivity contribution < 1.29 is 17.9 Å². The summed E-state index contributed by atoms with van der Waals surface area (Å²) in [5, 5.41) is -0.0360. The number of hydrogen-bond acceptors (Lipinski definition) is 7. The minimum Gasteiger partial charge on any atom is -0.383 e. The molecule has 1 fully saturated rings. The number of rotatable bonds is 7. The smallest absolute Gasteiger partial charge is 0.330 e. The van der Waals surface area contributed by atoms with E-state index in [2.05, 4.69) is 4.98 Å². The van der Waals surface area contributed by atoms with Gasteiger partial charge in [0.15, 0.2) is 5.69 Å². The van der Waals surface area contributed by atoms with Crippen LogP contribution in [-0.4, -0.2) is 61.5 Å². The monoisotopic (exact) mass is 499 g/mol. The Labute approximate surface area is 195 Å². The van der Waals surface area contributed by atoms with Gasteiger partial charge in [-0.15, -0.1) is 0 Å². The molecule has 11 nitrogen and oxygen atoms in total. The van der Waals surface area contributed by atoms with Crippen molar-refractivity contribution in [1.82, 2.24) is 13.9 Å². The van der Waals surface area contributed by atoms with Gasteiger partial charge in [0.1, 0.15) is 10.7 Å². The number of unbranched alkanes of at least 4 members (excludes halogenated alkanes) is 1. The van der Waals surface area contributed by atoms with Crippen molar-refractivity contribution in [3.05, 3.63) is 49.6 Å². The van der Waals surface area contributed by atoms with Gasteiger partial charge in [0.2, 0.25) is 10.0 Å². The second-order valence-corrected chi connectivity index (χ2v) is 9.84. The van der Waals surface area contributed by atoms with Crippen LogP contribution in [0.4, 0.5) is 11.5 Å². The van der Waals surface area contributed by atoms with Crippen LogP contribution in [0, 0.1) is 0 Å². The average molecular weight is 500 g/mol. The molecule has 0 saturated carbocycles.